The van der Waals surface area contributed by atoms with Crippen LogP contribution in [0.15, 0.2) is 35.1 Å². The van der Waals surface area contributed by atoms with Gasteiger partial charge < -0.3 is 9.32 Å². The second kappa shape index (κ2) is 7.00. The predicted molar refractivity (Wildman–Crippen MR) is 95.6 cm³/mol. The van der Waals surface area contributed by atoms with E-state index in [4.69, 9.17) is 4.42 Å². The van der Waals surface area contributed by atoms with Crippen molar-refractivity contribution in [3.63, 3.8) is 0 Å². The van der Waals surface area contributed by atoms with Crippen LogP contribution in [0.2, 0.25) is 0 Å². The quantitative estimate of drug-likeness (QED) is 0.862. The number of benzene rings is 1. The van der Waals surface area contributed by atoms with Crippen LogP contribution in [-0.2, 0) is 19.3 Å². The molecule has 25 heavy (non-hydrogen) atoms. The summed E-state index contributed by atoms with van der Waals surface area (Å²) in [5.74, 6) is 0.704. The molecular formula is C20H25N3O2. The zero-order valence-electron chi connectivity index (χ0n) is 14.8. The number of carbonyl (C=O) groups excluding carboxylic acids is 1. The average Bonchev–Trinajstić information content (AvgIpc) is 3.16. The topological polar surface area (TPSA) is 49.6 Å². The van der Waals surface area contributed by atoms with E-state index in [1.165, 1.54) is 30.4 Å². The fraction of sp³-hybridized carbons (Fsp3) is 0.500. The first-order valence-electron chi connectivity index (χ1n) is 9.28. The van der Waals surface area contributed by atoms with Crippen molar-refractivity contribution in [2.75, 3.05) is 26.2 Å². The van der Waals surface area contributed by atoms with Crippen LogP contribution in [0.25, 0.3) is 0 Å². The molecule has 0 N–H and O–H groups in total. The summed E-state index contributed by atoms with van der Waals surface area (Å²) in [4.78, 5) is 21.3. The van der Waals surface area contributed by atoms with Crippen LogP contribution in [0.5, 0.6) is 0 Å². The van der Waals surface area contributed by atoms with Crippen LogP contribution >= 0.6 is 0 Å². The van der Waals surface area contributed by atoms with Crippen LogP contribution in [0.3, 0.4) is 0 Å². The number of aromatic nitrogens is 1. The molecule has 2 aliphatic rings. The van der Waals surface area contributed by atoms with Gasteiger partial charge in [0.05, 0.1) is 0 Å². The lowest BCUT2D eigenvalue weighted by Crippen LogP contribution is -2.53. The van der Waals surface area contributed by atoms with Gasteiger partial charge in [0.15, 0.2) is 12.1 Å². The first-order valence-corrected chi connectivity index (χ1v) is 9.28. The van der Waals surface area contributed by atoms with E-state index in [0.717, 1.165) is 32.6 Å². The van der Waals surface area contributed by atoms with Gasteiger partial charge in [0.25, 0.3) is 5.91 Å². The second-order valence-corrected chi connectivity index (χ2v) is 6.97. The molecule has 0 saturated carbocycles. The third-order valence-corrected chi connectivity index (χ3v) is 5.60. The largest absolute Gasteiger partial charge is 0.448 e. The number of amides is 1. The summed E-state index contributed by atoms with van der Waals surface area (Å²) in [6, 6.07) is 9.40. The van der Waals surface area contributed by atoms with Crippen molar-refractivity contribution < 1.29 is 9.21 Å². The molecule has 1 aromatic carbocycles. The van der Waals surface area contributed by atoms with Crippen LogP contribution < -0.4 is 0 Å². The summed E-state index contributed by atoms with van der Waals surface area (Å²) in [5.41, 5.74) is 3.49. The van der Waals surface area contributed by atoms with E-state index in [0.29, 0.717) is 23.9 Å². The van der Waals surface area contributed by atoms with Crippen molar-refractivity contribution in [1.82, 2.24) is 14.8 Å². The van der Waals surface area contributed by atoms with E-state index in [2.05, 4.69) is 34.1 Å². The van der Waals surface area contributed by atoms with Crippen LogP contribution in [0, 0.1) is 0 Å². The first-order chi connectivity index (χ1) is 12.3. The van der Waals surface area contributed by atoms with E-state index in [-0.39, 0.29) is 5.91 Å². The maximum absolute atomic E-state index is 12.7. The summed E-state index contributed by atoms with van der Waals surface area (Å²) in [6.07, 6.45) is 5.59. The Bertz CT molecular complexity index is 747. The number of carbonyl (C=O) groups is 1. The minimum Gasteiger partial charge on any atom is -0.448 e. The van der Waals surface area contributed by atoms with Gasteiger partial charge in [-0.25, -0.2) is 4.98 Å². The molecule has 2 heterocycles. The van der Waals surface area contributed by atoms with Gasteiger partial charge in [0.1, 0.15) is 5.76 Å². The molecule has 1 aliphatic carbocycles. The molecule has 5 heteroatoms. The van der Waals surface area contributed by atoms with Crippen molar-refractivity contribution in [3.05, 3.63) is 53.2 Å². The van der Waals surface area contributed by atoms with Crippen molar-refractivity contribution in [3.8, 4) is 0 Å². The van der Waals surface area contributed by atoms with Crippen LogP contribution in [-0.4, -0.2) is 52.9 Å². The Labute approximate surface area is 148 Å². The van der Waals surface area contributed by atoms with Crippen LogP contribution in [0.1, 0.15) is 40.7 Å². The molecule has 1 saturated heterocycles. The van der Waals surface area contributed by atoms with Crippen LogP contribution in [0.4, 0.5) is 0 Å². The molecule has 0 radical (unpaired) electrons. The minimum absolute atomic E-state index is 0.0132. The maximum Gasteiger partial charge on any atom is 0.276 e. The Morgan fingerprint density at radius 1 is 1.20 bits per heavy atom. The number of nitrogens with zero attached hydrogens (tertiary/aromatic N) is 3. The summed E-state index contributed by atoms with van der Waals surface area (Å²) in [6.45, 7) is 5.41. The Morgan fingerprint density at radius 3 is 2.72 bits per heavy atom. The normalized spacial score (nSPS) is 21.2. The zero-order chi connectivity index (χ0) is 17.2. The highest BCUT2D eigenvalue weighted by Gasteiger charge is 2.30. The van der Waals surface area contributed by atoms with Gasteiger partial charge in [0, 0.05) is 38.6 Å². The summed E-state index contributed by atoms with van der Waals surface area (Å²) >= 11 is 0. The smallest absolute Gasteiger partial charge is 0.276 e. The maximum atomic E-state index is 12.7. The third-order valence-electron chi connectivity index (χ3n) is 5.60. The summed E-state index contributed by atoms with van der Waals surface area (Å²) in [5, 5.41) is 0. The number of hydrogen-bond donors (Lipinski definition) is 0. The molecule has 2 aromatic rings. The number of piperazine rings is 1. The molecule has 1 atom stereocenters. The molecule has 1 fully saturated rings. The van der Waals surface area contributed by atoms with E-state index in [1.807, 2.05) is 11.8 Å². The lowest BCUT2D eigenvalue weighted by molar-refractivity contribution is 0.0546. The predicted octanol–water partition coefficient (Wildman–Crippen LogP) is 2.55. The van der Waals surface area contributed by atoms with Gasteiger partial charge in [0.2, 0.25) is 0 Å². The standard InChI is InChI=1S/C20H25N3O2/c1-2-18-19(21-14-25-18)20(24)23-11-9-22(10-12-23)17-8-7-15-5-3-4-6-16(15)13-17/h3-6,14,17H,2,7-13H2,1H3/t17-/m0/s1. The monoisotopic (exact) mass is 339 g/mol. The summed E-state index contributed by atoms with van der Waals surface area (Å²) < 4.78 is 5.31. The van der Waals surface area contributed by atoms with Gasteiger partial charge in [-0.3, -0.25) is 9.69 Å². The number of hydrogen-bond acceptors (Lipinski definition) is 4. The average molecular weight is 339 g/mol. The number of aryl methyl sites for hydroxylation is 2. The van der Waals surface area contributed by atoms with Crippen molar-refractivity contribution >= 4 is 5.91 Å². The molecule has 0 unspecified atom stereocenters. The first kappa shape index (κ1) is 16.3. The molecular weight excluding hydrogens is 314 g/mol. The summed E-state index contributed by atoms with van der Waals surface area (Å²) in [7, 11) is 0. The fourth-order valence-corrected chi connectivity index (χ4v) is 4.13. The Balaban J connectivity index is 1.37. The van der Waals surface area contributed by atoms with Gasteiger partial charge in [-0.1, -0.05) is 31.2 Å². The number of fused-ring (bicyclic) bond motifs is 1. The van der Waals surface area contributed by atoms with Gasteiger partial charge in [-0.15, -0.1) is 0 Å². The number of oxazole rings is 1. The van der Waals surface area contributed by atoms with Gasteiger partial charge in [-0.2, -0.15) is 0 Å². The van der Waals surface area contributed by atoms with Crippen molar-refractivity contribution in [2.45, 2.75) is 38.6 Å². The highest BCUT2D eigenvalue weighted by molar-refractivity contribution is 5.93. The fourth-order valence-electron chi connectivity index (χ4n) is 4.13. The Kier molecular flexibility index (Phi) is 4.57. The molecule has 132 valence electrons. The third kappa shape index (κ3) is 3.21. The van der Waals surface area contributed by atoms with Gasteiger partial charge >= 0.3 is 0 Å². The van der Waals surface area contributed by atoms with E-state index in [1.54, 1.807) is 0 Å². The molecule has 4 rings (SSSR count). The molecule has 1 amide bonds. The second-order valence-electron chi connectivity index (χ2n) is 6.97. The highest BCUT2D eigenvalue weighted by Crippen LogP contribution is 2.25. The Hall–Kier alpha value is -2.14. The van der Waals surface area contributed by atoms with E-state index in [9.17, 15) is 4.79 Å². The minimum atomic E-state index is 0.0132. The van der Waals surface area contributed by atoms with Crippen molar-refractivity contribution in [2.24, 2.45) is 0 Å². The Morgan fingerprint density at radius 2 is 1.96 bits per heavy atom. The lowest BCUT2D eigenvalue weighted by atomic mass is 9.87. The molecule has 0 spiro atoms. The van der Waals surface area contributed by atoms with Crippen molar-refractivity contribution in [1.29, 1.82) is 0 Å². The number of rotatable bonds is 3. The molecule has 5 nitrogen and oxygen atoms in total. The lowest BCUT2D eigenvalue weighted by Gasteiger charge is -2.41. The van der Waals surface area contributed by atoms with Gasteiger partial charge in [-0.05, 0) is 30.4 Å². The highest BCUT2D eigenvalue weighted by atomic mass is 16.3. The van der Waals surface area contributed by atoms with E-state index < -0.39 is 0 Å². The van der Waals surface area contributed by atoms with E-state index >= 15 is 0 Å². The molecule has 1 aromatic heterocycles. The zero-order valence-corrected chi connectivity index (χ0v) is 14.8. The molecule has 0 bridgehead atoms. The SMILES string of the molecule is CCc1ocnc1C(=O)N1CCN([C@H]2CCc3ccccc3C2)CC1. The molecule has 1 aliphatic heterocycles.